The highest BCUT2D eigenvalue weighted by molar-refractivity contribution is 7.89. The summed E-state index contributed by atoms with van der Waals surface area (Å²) in [5, 5.41) is 3.23. The second kappa shape index (κ2) is 6.06. The van der Waals surface area contributed by atoms with Crippen molar-refractivity contribution in [2.24, 2.45) is 0 Å². The number of sulfonamides is 1. The fourth-order valence-electron chi connectivity index (χ4n) is 1.72. The van der Waals surface area contributed by atoms with E-state index in [4.69, 9.17) is 0 Å². The second-order valence-electron chi connectivity index (χ2n) is 4.57. The molecule has 0 spiro atoms. The predicted octanol–water partition coefficient (Wildman–Crippen LogP) is 1.31. The smallest absolute Gasteiger partial charge is 0.242 e. The largest absolute Gasteiger partial charge is 0.385 e. The van der Waals surface area contributed by atoms with E-state index in [-0.39, 0.29) is 0 Å². The summed E-state index contributed by atoms with van der Waals surface area (Å²) in [5.74, 6) is 0. The van der Waals surface area contributed by atoms with Gasteiger partial charge in [-0.1, -0.05) is 0 Å². The molecule has 0 amide bonds. The molecule has 0 radical (unpaired) electrons. The molecule has 2 aromatic rings. The first-order valence-electron chi connectivity index (χ1n) is 6.24. The fraction of sp³-hybridized carbons (Fsp3) is 0.308. The van der Waals surface area contributed by atoms with E-state index in [1.165, 1.54) is 18.4 Å². The first-order chi connectivity index (χ1) is 9.50. The molecule has 6 nitrogen and oxygen atoms in total. The highest BCUT2D eigenvalue weighted by Crippen LogP contribution is 2.16. The van der Waals surface area contributed by atoms with E-state index in [1.807, 2.05) is 0 Å². The van der Waals surface area contributed by atoms with Crippen molar-refractivity contribution >= 4 is 15.7 Å². The fourth-order valence-corrected chi connectivity index (χ4v) is 2.62. The number of hydrogen-bond donors (Lipinski definition) is 2. The lowest BCUT2D eigenvalue weighted by atomic mass is 10.3. The van der Waals surface area contributed by atoms with Crippen molar-refractivity contribution in [3.05, 3.63) is 42.5 Å². The molecule has 0 aliphatic heterocycles. The zero-order chi connectivity index (χ0) is 14.6. The SMILES string of the molecule is CN(C)S(=O)(=O)c1ccc(NCCc2cnc[nH]2)cc1. The molecular weight excluding hydrogens is 276 g/mol. The van der Waals surface area contributed by atoms with E-state index in [2.05, 4.69) is 15.3 Å². The summed E-state index contributed by atoms with van der Waals surface area (Å²) >= 11 is 0. The Hall–Kier alpha value is -1.86. The number of aromatic nitrogens is 2. The Morgan fingerprint density at radius 1 is 1.25 bits per heavy atom. The topological polar surface area (TPSA) is 78.1 Å². The van der Waals surface area contributed by atoms with Crippen LogP contribution in [-0.4, -0.2) is 43.3 Å². The van der Waals surface area contributed by atoms with Crippen molar-refractivity contribution in [1.29, 1.82) is 0 Å². The minimum absolute atomic E-state index is 0.293. The molecule has 108 valence electrons. The van der Waals surface area contributed by atoms with Crippen LogP contribution in [0.15, 0.2) is 41.7 Å². The molecular formula is C13H18N4O2S. The Morgan fingerprint density at radius 3 is 2.50 bits per heavy atom. The van der Waals surface area contributed by atoms with Crippen LogP contribution in [0.1, 0.15) is 5.69 Å². The van der Waals surface area contributed by atoms with Gasteiger partial charge in [0, 0.05) is 44.6 Å². The Morgan fingerprint density at radius 2 is 1.95 bits per heavy atom. The number of rotatable bonds is 6. The number of nitrogens with one attached hydrogen (secondary N) is 2. The summed E-state index contributed by atoms with van der Waals surface area (Å²) in [6.07, 6.45) is 4.27. The number of benzene rings is 1. The molecule has 0 aliphatic rings. The van der Waals surface area contributed by atoms with Gasteiger partial charge in [0.15, 0.2) is 0 Å². The van der Waals surface area contributed by atoms with Gasteiger partial charge in [0.2, 0.25) is 10.0 Å². The monoisotopic (exact) mass is 294 g/mol. The van der Waals surface area contributed by atoms with E-state index in [0.29, 0.717) is 4.90 Å². The summed E-state index contributed by atoms with van der Waals surface area (Å²) in [6.45, 7) is 0.752. The van der Waals surface area contributed by atoms with Crippen LogP contribution in [0.2, 0.25) is 0 Å². The summed E-state index contributed by atoms with van der Waals surface area (Å²) in [4.78, 5) is 7.27. The first kappa shape index (κ1) is 14.5. The molecule has 0 unspecified atom stereocenters. The van der Waals surface area contributed by atoms with Crippen LogP contribution in [0.5, 0.6) is 0 Å². The zero-order valence-electron chi connectivity index (χ0n) is 11.5. The van der Waals surface area contributed by atoms with Gasteiger partial charge in [0.05, 0.1) is 11.2 Å². The normalized spacial score (nSPS) is 11.8. The average molecular weight is 294 g/mol. The van der Waals surface area contributed by atoms with Gasteiger partial charge in [-0.05, 0) is 24.3 Å². The van der Waals surface area contributed by atoms with E-state index in [1.54, 1.807) is 36.8 Å². The standard InChI is InChI=1S/C13H18N4O2S/c1-17(2)20(18,19)13-5-3-11(4-6-13)15-8-7-12-9-14-10-16-12/h3-6,9-10,15H,7-8H2,1-2H3,(H,14,16). The van der Waals surface area contributed by atoms with Crippen molar-refractivity contribution in [3.63, 3.8) is 0 Å². The Bertz CT molecular complexity index is 634. The van der Waals surface area contributed by atoms with Gasteiger partial charge in [0.25, 0.3) is 0 Å². The minimum Gasteiger partial charge on any atom is -0.385 e. The lowest BCUT2D eigenvalue weighted by Crippen LogP contribution is -2.22. The molecule has 20 heavy (non-hydrogen) atoms. The van der Waals surface area contributed by atoms with E-state index < -0.39 is 10.0 Å². The second-order valence-corrected chi connectivity index (χ2v) is 6.72. The van der Waals surface area contributed by atoms with Crippen molar-refractivity contribution in [3.8, 4) is 0 Å². The Kier molecular flexibility index (Phi) is 4.41. The number of imidazole rings is 1. The number of anilines is 1. The molecule has 0 saturated heterocycles. The van der Waals surface area contributed by atoms with Gasteiger partial charge in [-0.15, -0.1) is 0 Å². The lowest BCUT2D eigenvalue weighted by Gasteiger charge is -2.12. The third-order valence-corrected chi connectivity index (χ3v) is 4.74. The Balaban J connectivity index is 1.95. The highest BCUT2D eigenvalue weighted by atomic mass is 32.2. The van der Waals surface area contributed by atoms with Crippen molar-refractivity contribution < 1.29 is 8.42 Å². The summed E-state index contributed by atoms with van der Waals surface area (Å²) < 4.78 is 25.0. The van der Waals surface area contributed by atoms with Crippen LogP contribution < -0.4 is 5.32 Å². The molecule has 1 aromatic heterocycles. The predicted molar refractivity (Wildman–Crippen MR) is 78.1 cm³/mol. The number of hydrogen-bond acceptors (Lipinski definition) is 4. The maximum atomic E-state index is 11.9. The first-order valence-corrected chi connectivity index (χ1v) is 7.68. The molecule has 0 aliphatic carbocycles. The summed E-state index contributed by atoms with van der Waals surface area (Å²) in [7, 11) is -0.318. The third kappa shape index (κ3) is 3.37. The molecule has 1 heterocycles. The lowest BCUT2D eigenvalue weighted by molar-refractivity contribution is 0.521. The number of H-pyrrole nitrogens is 1. The molecule has 0 atom stereocenters. The van der Waals surface area contributed by atoms with Crippen molar-refractivity contribution in [1.82, 2.24) is 14.3 Å². The quantitative estimate of drug-likeness (QED) is 0.842. The van der Waals surface area contributed by atoms with E-state index >= 15 is 0 Å². The van der Waals surface area contributed by atoms with Crippen LogP contribution in [-0.2, 0) is 16.4 Å². The molecule has 2 rings (SSSR count). The van der Waals surface area contributed by atoms with Gasteiger partial charge in [-0.2, -0.15) is 0 Å². The molecule has 0 fully saturated rings. The molecule has 1 aromatic carbocycles. The van der Waals surface area contributed by atoms with Crippen LogP contribution >= 0.6 is 0 Å². The van der Waals surface area contributed by atoms with E-state index in [9.17, 15) is 8.42 Å². The maximum Gasteiger partial charge on any atom is 0.242 e. The average Bonchev–Trinajstić information content (AvgIpc) is 2.92. The van der Waals surface area contributed by atoms with Crippen LogP contribution in [0.4, 0.5) is 5.69 Å². The van der Waals surface area contributed by atoms with Crippen LogP contribution in [0, 0.1) is 0 Å². The van der Waals surface area contributed by atoms with Gasteiger partial charge in [-0.3, -0.25) is 0 Å². The zero-order valence-corrected chi connectivity index (χ0v) is 12.3. The van der Waals surface area contributed by atoms with Crippen molar-refractivity contribution in [2.75, 3.05) is 26.0 Å². The van der Waals surface area contributed by atoms with Gasteiger partial charge < -0.3 is 10.3 Å². The molecule has 2 N–H and O–H groups in total. The highest BCUT2D eigenvalue weighted by Gasteiger charge is 2.16. The van der Waals surface area contributed by atoms with Gasteiger partial charge >= 0.3 is 0 Å². The number of aromatic amines is 1. The van der Waals surface area contributed by atoms with Crippen LogP contribution in [0.25, 0.3) is 0 Å². The van der Waals surface area contributed by atoms with E-state index in [0.717, 1.165) is 24.3 Å². The van der Waals surface area contributed by atoms with Crippen LogP contribution in [0.3, 0.4) is 0 Å². The summed E-state index contributed by atoms with van der Waals surface area (Å²) in [5.41, 5.74) is 1.95. The molecule has 7 heteroatoms. The molecule has 0 saturated carbocycles. The van der Waals surface area contributed by atoms with Crippen molar-refractivity contribution in [2.45, 2.75) is 11.3 Å². The maximum absolute atomic E-state index is 11.9. The van der Waals surface area contributed by atoms with Gasteiger partial charge in [-0.25, -0.2) is 17.7 Å². The minimum atomic E-state index is -3.36. The Labute approximate surface area is 118 Å². The molecule has 0 bridgehead atoms. The summed E-state index contributed by atoms with van der Waals surface area (Å²) in [6, 6.07) is 6.74. The number of nitrogens with zero attached hydrogens (tertiary/aromatic N) is 2. The third-order valence-electron chi connectivity index (χ3n) is 2.91. The van der Waals surface area contributed by atoms with Gasteiger partial charge in [0.1, 0.15) is 0 Å².